The topological polar surface area (TPSA) is 64.1 Å². The molecule has 0 aliphatic heterocycles. The summed E-state index contributed by atoms with van der Waals surface area (Å²) in [5, 5.41) is 0.638. The first kappa shape index (κ1) is 24.7. The number of nitrogens with zero attached hydrogens (tertiary/aromatic N) is 3. The summed E-state index contributed by atoms with van der Waals surface area (Å²) in [6.45, 7) is 3.70. The molecular weight excluding hydrogens is 438 g/mol. The quantitative estimate of drug-likeness (QED) is 0.468. The van der Waals surface area contributed by atoms with Gasteiger partial charge in [0.05, 0.1) is 25.5 Å². The highest BCUT2D eigenvalue weighted by atomic mass is 35.5. The van der Waals surface area contributed by atoms with Crippen molar-refractivity contribution in [1.82, 2.24) is 9.88 Å². The third-order valence-corrected chi connectivity index (χ3v) is 5.59. The van der Waals surface area contributed by atoms with Crippen LogP contribution in [0.4, 0.5) is 5.13 Å². The molecule has 3 aromatic rings. The van der Waals surface area contributed by atoms with Gasteiger partial charge in [0.15, 0.2) is 16.6 Å². The first-order valence-corrected chi connectivity index (χ1v) is 10.5. The van der Waals surface area contributed by atoms with Crippen LogP contribution in [0.15, 0.2) is 36.4 Å². The maximum absolute atomic E-state index is 13.5. The summed E-state index contributed by atoms with van der Waals surface area (Å²) in [6, 6.07) is 11.0. The third kappa shape index (κ3) is 5.58. The number of thiazole rings is 1. The van der Waals surface area contributed by atoms with Gasteiger partial charge in [-0.25, -0.2) is 4.98 Å². The van der Waals surface area contributed by atoms with Crippen molar-refractivity contribution in [2.75, 3.05) is 52.9 Å². The molecule has 1 amide bonds. The molecule has 1 aromatic heterocycles. The number of methoxy groups -OCH3 is 2. The normalized spacial score (nSPS) is 10.6. The number of carbonyl (C=O) groups excluding carboxylic acids is 1. The molecule has 0 bridgehead atoms. The van der Waals surface area contributed by atoms with E-state index in [9.17, 15) is 4.79 Å². The van der Waals surface area contributed by atoms with Crippen LogP contribution in [0.1, 0.15) is 17.3 Å². The van der Waals surface area contributed by atoms with Gasteiger partial charge in [0.25, 0.3) is 5.91 Å². The Labute approximate surface area is 192 Å². The number of benzene rings is 2. The van der Waals surface area contributed by atoms with Gasteiger partial charge in [-0.2, -0.15) is 0 Å². The fraction of sp³-hybridized carbons (Fsp3) is 0.364. The summed E-state index contributed by atoms with van der Waals surface area (Å²) in [5.41, 5.74) is 1.28. The molecule has 168 valence electrons. The van der Waals surface area contributed by atoms with Crippen LogP contribution in [0.25, 0.3) is 10.2 Å². The molecule has 31 heavy (non-hydrogen) atoms. The van der Waals surface area contributed by atoms with Gasteiger partial charge in [-0.05, 0) is 51.4 Å². The van der Waals surface area contributed by atoms with Gasteiger partial charge in [-0.1, -0.05) is 17.4 Å². The van der Waals surface area contributed by atoms with E-state index in [2.05, 4.69) is 0 Å². The van der Waals surface area contributed by atoms with E-state index in [0.29, 0.717) is 41.9 Å². The zero-order chi connectivity index (χ0) is 21.7. The Morgan fingerprint density at radius 1 is 1.03 bits per heavy atom. The second-order valence-corrected chi connectivity index (χ2v) is 7.87. The van der Waals surface area contributed by atoms with Gasteiger partial charge in [-0.15, -0.1) is 12.4 Å². The molecule has 0 aliphatic carbocycles. The first-order chi connectivity index (χ1) is 14.5. The van der Waals surface area contributed by atoms with Crippen molar-refractivity contribution in [3.8, 4) is 17.2 Å². The number of para-hydroxylation sites is 1. The molecule has 3 rings (SSSR count). The molecule has 1 heterocycles. The standard InChI is InChI=1S/C22H27N3O4S.ClH/c1-6-29-17-8-7-9-19-20(17)23-22(30-19)25(13-12-24(2)3)21(26)15-10-11-16(27-4)18(14-15)28-5;/h7-11,14H,6,12-13H2,1-5H3;1H. The van der Waals surface area contributed by atoms with Crippen molar-refractivity contribution in [3.63, 3.8) is 0 Å². The second-order valence-electron chi connectivity index (χ2n) is 6.86. The lowest BCUT2D eigenvalue weighted by atomic mass is 10.1. The van der Waals surface area contributed by atoms with E-state index in [1.165, 1.54) is 11.3 Å². The van der Waals surface area contributed by atoms with Crippen LogP contribution in [-0.2, 0) is 0 Å². The van der Waals surface area contributed by atoms with Crippen molar-refractivity contribution < 1.29 is 19.0 Å². The van der Waals surface area contributed by atoms with Crippen LogP contribution in [0.5, 0.6) is 17.2 Å². The molecule has 0 atom stereocenters. The first-order valence-electron chi connectivity index (χ1n) is 9.69. The SMILES string of the molecule is CCOc1cccc2sc(N(CCN(C)C)C(=O)c3ccc(OC)c(OC)c3)nc12.Cl. The van der Waals surface area contributed by atoms with E-state index in [4.69, 9.17) is 19.2 Å². The van der Waals surface area contributed by atoms with Crippen molar-refractivity contribution in [2.24, 2.45) is 0 Å². The minimum absolute atomic E-state index is 0. The number of fused-ring (bicyclic) bond motifs is 1. The second kappa shape index (κ2) is 11.2. The summed E-state index contributed by atoms with van der Waals surface area (Å²) in [7, 11) is 7.08. The maximum Gasteiger partial charge on any atom is 0.260 e. The fourth-order valence-corrected chi connectivity index (χ4v) is 4.02. The maximum atomic E-state index is 13.5. The predicted octanol–water partition coefficient (Wildman–Crippen LogP) is 4.34. The van der Waals surface area contributed by atoms with Crippen LogP contribution in [0, 0.1) is 0 Å². The highest BCUT2D eigenvalue weighted by Crippen LogP contribution is 2.35. The zero-order valence-corrected chi connectivity index (χ0v) is 20.0. The third-order valence-electron chi connectivity index (χ3n) is 4.55. The molecule has 0 radical (unpaired) electrons. The van der Waals surface area contributed by atoms with Crippen LogP contribution >= 0.6 is 23.7 Å². The number of anilines is 1. The van der Waals surface area contributed by atoms with Gasteiger partial charge < -0.3 is 19.1 Å². The van der Waals surface area contributed by atoms with Gasteiger partial charge in [0, 0.05) is 18.7 Å². The average Bonchev–Trinajstić information content (AvgIpc) is 3.18. The van der Waals surface area contributed by atoms with E-state index in [0.717, 1.165) is 16.0 Å². The predicted molar refractivity (Wildman–Crippen MR) is 128 cm³/mol. The Morgan fingerprint density at radius 2 is 1.77 bits per heavy atom. The Kier molecular flexibility index (Phi) is 8.91. The van der Waals surface area contributed by atoms with Crippen LogP contribution in [0.3, 0.4) is 0 Å². The summed E-state index contributed by atoms with van der Waals surface area (Å²) in [6.07, 6.45) is 0. The van der Waals surface area contributed by atoms with E-state index in [1.807, 2.05) is 44.1 Å². The average molecular weight is 466 g/mol. The summed E-state index contributed by atoms with van der Waals surface area (Å²) in [5.74, 6) is 1.67. The van der Waals surface area contributed by atoms with Crippen LogP contribution in [-0.4, -0.2) is 63.8 Å². The monoisotopic (exact) mass is 465 g/mol. The molecule has 9 heteroatoms. The smallest absolute Gasteiger partial charge is 0.260 e. The number of ether oxygens (including phenoxy) is 3. The number of rotatable bonds is 9. The van der Waals surface area contributed by atoms with Crippen LogP contribution < -0.4 is 19.1 Å². The lowest BCUT2D eigenvalue weighted by molar-refractivity contribution is 0.0985. The highest BCUT2D eigenvalue weighted by molar-refractivity contribution is 7.22. The number of aromatic nitrogens is 1. The molecule has 0 saturated carbocycles. The van der Waals surface area contributed by atoms with Crippen molar-refractivity contribution >= 4 is 45.0 Å². The molecular formula is C22H28ClN3O4S. The summed E-state index contributed by atoms with van der Waals surface area (Å²) >= 11 is 1.48. The van der Waals surface area contributed by atoms with Gasteiger partial charge in [-0.3, -0.25) is 9.69 Å². The number of halogens is 1. The molecule has 0 unspecified atom stereocenters. The highest BCUT2D eigenvalue weighted by Gasteiger charge is 2.23. The van der Waals surface area contributed by atoms with Gasteiger partial charge >= 0.3 is 0 Å². The lowest BCUT2D eigenvalue weighted by Crippen LogP contribution is -2.36. The lowest BCUT2D eigenvalue weighted by Gasteiger charge is -2.22. The Hall–Kier alpha value is -2.55. The number of likely N-dealkylation sites (N-methyl/N-ethyl adjacent to an activating group) is 1. The van der Waals surface area contributed by atoms with E-state index < -0.39 is 0 Å². The van der Waals surface area contributed by atoms with Crippen molar-refractivity contribution in [1.29, 1.82) is 0 Å². The molecule has 0 spiro atoms. The Morgan fingerprint density at radius 3 is 2.42 bits per heavy atom. The molecule has 0 fully saturated rings. The molecule has 0 aliphatic rings. The fourth-order valence-electron chi connectivity index (χ4n) is 3.01. The van der Waals surface area contributed by atoms with E-state index in [-0.39, 0.29) is 18.3 Å². The Balaban J connectivity index is 0.00000341. The minimum atomic E-state index is -0.144. The van der Waals surface area contributed by atoms with Gasteiger partial charge in [0.1, 0.15) is 11.3 Å². The number of carbonyl (C=O) groups is 1. The zero-order valence-electron chi connectivity index (χ0n) is 18.4. The number of hydrogen-bond acceptors (Lipinski definition) is 7. The van der Waals surface area contributed by atoms with Crippen LogP contribution in [0.2, 0.25) is 0 Å². The summed E-state index contributed by atoms with van der Waals surface area (Å²) in [4.78, 5) is 22.0. The molecule has 0 N–H and O–H groups in total. The van der Waals surface area contributed by atoms with Gasteiger partial charge in [0.2, 0.25) is 0 Å². The largest absolute Gasteiger partial charge is 0.493 e. The number of hydrogen-bond donors (Lipinski definition) is 0. The van der Waals surface area contributed by atoms with E-state index >= 15 is 0 Å². The molecule has 0 saturated heterocycles. The molecule has 2 aromatic carbocycles. The Bertz CT molecular complexity index is 1030. The summed E-state index contributed by atoms with van der Waals surface area (Å²) < 4.78 is 17.3. The molecule has 7 nitrogen and oxygen atoms in total. The minimum Gasteiger partial charge on any atom is -0.493 e. The van der Waals surface area contributed by atoms with E-state index in [1.54, 1.807) is 37.3 Å². The van der Waals surface area contributed by atoms with Crippen molar-refractivity contribution in [3.05, 3.63) is 42.0 Å². The van der Waals surface area contributed by atoms with Crippen molar-refractivity contribution in [2.45, 2.75) is 6.92 Å². The number of amides is 1.